The molecule has 3 heteroatoms. The van der Waals surface area contributed by atoms with Gasteiger partial charge in [-0.05, 0) is 29.5 Å². The predicted molar refractivity (Wildman–Crippen MR) is 92.8 cm³/mol. The molecule has 3 nitrogen and oxygen atoms in total. The molecule has 0 aromatic heterocycles. The molecule has 1 aliphatic rings. The van der Waals surface area contributed by atoms with Gasteiger partial charge in [0.15, 0.2) is 0 Å². The molecule has 120 valence electrons. The molecule has 0 bridgehead atoms. The zero-order valence-corrected chi connectivity index (χ0v) is 13.4. The second-order valence-corrected chi connectivity index (χ2v) is 6.36. The van der Waals surface area contributed by atoms with Crippen molar-refractivity contribution >= 4 is 5.91 Å². The van der Waals surface area contributed by atoms with Crippen LogP contribution in [0.5, 0.6) is 0 Å². The molecule has 0 unspecified atom stereocenters. The zero-order valence-electron chi connectivity index (χ0n) is 13.4. The van der Waals surface area contributed by atoms with E-state index in [1.165, 1.54) is 0 Å². The number of nitrogens with one attached hydrogen (secondary N) is 1. The summed E-state index contributed by atoms with van der Waals surface area (Å²) >= 11 is 0. The molecule has 0 spiro atoms. The van der Waals surface area contributed by atoms with Crippen molar-refractivity contribution in [1.29, 1.82) is 0 Å². The number of carbonyl (C=O) groups is 1. The van der Waals surface area contributed by atoms with Crippen LogP contribution in [0, 0.1) is 0 Å². The molecule has 3 N–H and O–H groups in total. The van der Waals surface area contributed by atoms with Crippen molar-refractivity contribution in [1.82, 2.24) is 5.32 Å². The lowest BCUT2D eigenvalue weighted by atomic mass is 9.78. The number of benzene rings is 2. The summed E-state index contributed by atoms with van der Waals surface area (Å²) in [5.41, 5.74) is 8.67. The third-order valence-electron chi connectivity index (χ3n) is 4.90. The van der Waals surface area contributed by atoms with Crippen LogP contribution in [0.1, 0.15) is 42.4 Å². The molecule has 2 aromatic carbocycles. The third kappa shape index (κ3) is 3.30. The minimum atomic E-state index is -0.354. The molecule has 3 rings (SSSR count). The van der Waals surface area contributed by atoms with Crippen molar-refractivity contribution < 1.29 is 4.79 Å². The van der Waals surface area contributed by atoms with Crippen LogP contribution in [-0.2, 0) is 23.3 Å². The van der Waals surface area contributed by atoms with E-state index in [0.717, 1.165) is 42.4 Å². The van der Waals surface area contributed by atoms with Gasteiger partial charge in [0.05, 0.1) is 5.41 Å². The Morgan fingerprint density at radius 3 is 2.39 bits per heavy atom. The molecule has 1 fully saturated rings. The van der Waals surface area contributed by atoms with Crippen LogP contribution < -0.4 is 11.1 Å². The largest absolute Gasteiger partial charge is 0.351 e. The van der Waals surface area contributed by atoms with Crippen LogP contribution in [0.4, 0.5) is 0 Å². The molecule has 0 aliphatic heterocycles. The SMILES string of the molecule is NCc1cccc(CNC(=O)C2(c3ccccc3)CCCC2)c1. The zero-order chi connectivity index (χ0) is 16.1. The lowest BCUT2D eigenvalue weighted by Crippen LogP contribution is -2.42. The summed E-state index contributed by atoms with van der Waals surface area (Å²) in [4.78, 5) is 13.0. The summed E-state index contributed by atoms with van der Waals surface area (Å²) in [7, 11) is 0. The lowest BCUT2D eigenvalue weighted by Gasteiger charge is -2.28. The standard InChI is InChI=1S/C20H24N2O/c21-14-16-7-6-8-17(13-16)15-22-19(23)20(11-4-5-12-20)18-9-2-1-3-10-18/h1-3,6-10,13H,4-5,11-12,14-15,21H2,(H,22,23). The van der Waals surface area contributed by atoms with Gasteiger partial charge < -0.3 is 11.1 Å². The van der Waals surface area contributed by atoms with Gasteiger partial charge in [-0.25, -0.2) is 0 Å². The Hall–Kier alpha value is -2.13. The Morgan fingerprint density at radius 2 is 1.70 bits per heavy atom. The molecular weight excluding hydrogens is 284 g/mol. The van der Waals surface area contributed by atoms with E-state index < -0.39 is 0 Å². The molecule has 23 heavy (non-hydrogen) atoms. The van der Waals surface area contributed by atoms with Crippen LogP contribution in [0.3, 0.4) is 0 Å². The van der Waals surface area contributed by atoms with Gasteiger partial charge in [-0.15, -0.1) is 0 Å². The van der Waals surface area contributed by atoms with Crippen molar-refractivity contribution in [3.05, 3.63) is 71.3 Å². The minimum Gasteiger partial charge on any atom is -0.351 e. The van der Waals surface area contributed by atoms with Crippen molar-refractivity contribution in [3.63, 3.8) is 0 Å². The van der Waals surface area contributed by atoms with Crippen molar-refractivity contribution in [2.45, 2.75) is 44.2 Å². The summed E-state index contributed by atoms with van der Waals surface area (Å²) in [5, 5.41) is 3.15. The number of carbonyl (C=O) groups excluding carboxylic acids is 1. The fourth-order valence-electron chi connectivity index (χ4n) is 3.60. The maximum absolute atomic E-state index is 13.0. The van der Waals surface area contributed by atoms with E-state index in [0.29, 0.717) is 13.1 Å². The summed E-state index contributed by atoms with van der Waals surface area (Å²) in [6.07, 6.45) is 4.10. The first kappa shape index (κ1) is 15.8. The molecule has 2 aromatic rings. The third-order valence-corrected chi connectivity index (χ3v) is 4.90. The van der Waals surface area contributed by atoms with E-state index >= 15 is 0 Å². The quantitative estimate of drug-likeness (QED) is 0.890. The highest BCUT2D eigenvalue weighted by Gasteiger charge is 2.42. The predicted octanol–water partition coefficient (Wildman–Crippen LogP) is 3.27. The van der Waals surface area contributed by atoms with E-state index in [-0.39, 0.29) is 11.3 Å². The van der Waals surface area contributed by atoms with E-state index in [1.54, 1.807) is 0 Å². The molecule has 0 atom stereocenters. The Morgan fingerprint density at radius 1 is 1.00 bits per heavy atom. The fraction of sp³-hybridized carbons (Fsp3) is 0.350. The number of hydrogen-bond acceptors (Lipinski definition) is 2. The molecule has 1 saturated carbocycles. The minimum absolute atomic E-state index is 0.152. The number of amides is 1. The number of rotatable bonds is 5. The molecule has 0 saturated heterocycles. The highest BCUT2D eigenvalue weighted by Crippen LogP contribution is 2.41. The van der Waals surface area contributed by atoms with E-state index in [1.807, 2.05) is 36.4 Å². The summed E-state index contributed by atoms with van der Waals surface area (Å²) in [6.45, 7) is 1.08. The number of hydrogen-bond donors (Lipinski definition) is 2. The Balaban J connectivity index is 1.75. The molecule has 0 heterocycles. The smallest absolute Gasteiger partial charge is 0.230 e. The maximum atomic E-state index is 13.0. The van der Waals surface area contributed by atoms with Gasteiger partial charge in [-0.2, -0.15) is 0 Å². The molecule has 1 aliphatic carbocycles. The summed E-state index contributed by atoms with van der Waals surface area (Å²) in [5.74, 6) is 0.152. The average Bonchev–Trinajstić information content (AvgIpc) is 3.12. The molecule has 0 radical (unpaired) electrons. The average molecular weight is 308 g/mol. The van der Waals surface area contributed by atoms with Crippen LogP contribution in [0.15, 0.2) is 54.6 Å². The normalized spacial score (nSPS) is 16.2. The van der Waals surface area contributed by atoms with Gasteiger partial charge in [0.2, 0.25) is 5.91 Å². The first-order valence-corrected chi connectivity index (χ1v) is 8.36. The fourth-order valence-corrected chi connectivity index (χ4v) is 3.60. The Labute approximate surface area is 137 Å². The topological polar surface area (TPSA) is 55.1 Å². The second-order valence-electron chi connectivity index (χ2n) is 6.36. The van der Waals surface area contributed by atoms with E-state index in [4.69, 9.17) is 5.73 Å². The van der Waals surface area contributed by atoms with E-state index in [2.05, 4.69) is 23.5 Å². The first-order valence-electron chi connectivity index (χ1n) is 8.36. The Kier molecular flexibility index (Phi) is 4.77. The van der Waals surface area contributed by atoms with Crippen LogP contribution in [-0.4, -0.2) is 5.91 Å². The van der Waals surface area contributed by atoms with Crippen LogP contribution >= 0.6 is 0 Å². The van der Waals surface area contributed by atoms with Gasteiger partial charge in [0, 0.05) is 13.1 Å². The summed E-state index contributed by atoms with van der Waals surface area (Å²) in [6, 6.07) is 18.3. The summed E-state index contributed by atoms with van der Waals surface area (Å²) < 4.78 is 0. The van der Waals surface area contributed by atoms with Crippen molar-refractivity contribution in [2.75, 3.05) is 0 Å². The monoisotopic (exact) mass is 308 g/mol. The van der Waals surface area contributed by atoms with Gasteiger partial charge in [0.1, 0.15) is 0 Å². The van der Waals surface area contributed by atoms with Crippen LogP contribution in [0.25, 0.3) is 0 Å². The van der Waals surface area contributed by atoms with E-state index in [9.17, 15) is 4.79 Å². The van der Waals surface area contributed by atoms with Gasteiger partial charge in [-0.1, -0.05) is 67.4 Å². The molecule has 1 amide bonds. The molecular formula is C20H24N2O. The highest BCUT2D eigenvalue weighted by atomic mass is 16.2. The Bertz CT molecular complexity index is 660. The van der Waals surface area contributed by atoms with Gasteiger partial charge in [0.25, 0.3) is 0 Å². The maximum Gasteiger partial charge on any atom is 0.230 e. The lowest BCUT2D eigenvalue weighted by molar-refractivity contribution is -0.126. The highest BCUT2D eigenvalue weighted by molar-refractivity contribution is 5.88. The van der Waals surface area contributed by atoms with Gasteiger partial charge in [-0.3, -0.25) is 4.79 Å². The number of nitrogens with two attached hydrogens (primary N) is 1. The van der Waals surface area contributed by atoms with Gasteiger partial charge >= 0.3 is 0 Å². The second kappa shape index (κ2) is 6.97. The van der Waals surface area contributed by atoms with Crippen LogP contribution in [0.2, 0.25) is 0 Å². The van der Waals surface area contributed by atoms with Crippen molar-refractivity contribution in [3.8, 4) is 0 Å². The first-order chi connectivity index (χ1) is 11.2. The van der Waals surface area contributed by atoms with Crippen molar-refractivity contribution in [2.24, 2.45) is 5.73 Å².